The Morgan fingerprint density at radius 3 is 2.54 bits per heavy atom. The Balaban J connectivity index is 1.60. The van der Waals surface area contributed by atoms with E-state index in [1.54, 1.807) is 4.90 Å². The maximum Gasteiger partial charge on any atom is 0.319 e. The van der Waals surface area contributed by atoms with Crippen LogP contribution in [0.5, 0.6) is 0 Å². The van der Waals surface area contributed by atoms with Gasteiger partial charge in [0.1, 0.15) is 10.7 Å². The summed E-state index contributed by atoms with van der Waals surface area (Å²) in [6, 6.07) is 9.84. The van der Waals surface area contributed by atoms with Crippen molar-refractivity contribution in [1.29, 1.82) is 0 Å². The molecule has 1 fully saturated rings. The fourth-order valence-corrected chi connectivity index (χ4v) is 3.40. The highest BCUT2D eigenvalue weighted by molar-refractivity contribution is 7.13. The molecule has 1 aliphatic rings. The largest absolute Gasteiger partial charge is 0.468 e. The fourth-order valence-electron chi connectivity index (χ4n) is 2.60. The van der Waals surface area contributed by atoms with E-state index in [1.165, 1.54) is 18.4 Å². The molecule has 2 aromatic rings. The molecule has 1 amide bonds. The third-order valence-corrected chi connectivity index (χ3v) is 4.88. The van der Waals surface area contributed by atoms with Crippen molar-refractivity contribution in [3.63, 3.8) is 0 Å². The monoisotopic (exact) mass is 345 g/mol. The van der Waals surface area contributed by atoms with Gasteiger partial charge in [0.05, 0.1) is 13.7 Å². The lowest BCUT2D eigenvalue weighted by Crippen LogP contribution is -2.50. The lowest BCUT2D eigenvalue weighted by molar-refractivity contribution is -0.142. The average molecular weight is 345 g/mol. The number of carbonyl (C=O) groups is 2. The Morgan fingerprint density at radius 2 is 1.88 bits per heavy atom. The second-order valence-electron chi connectivity index (χ2n) is 5.55. The molecule has 2 heterocycles. The van der Waals surface area contributed by atoms with Crippen LogP contribution in [0.25, 0.3) is 10.6 Å². The molecule has 0 radical (unpaired) electrons. The minimum Gasteiger partial charge on any atom is -0.468 e. The van der Waals surface area contributed by atoms with Crippen LogP contribution in [0.2, 0.25) is 0 Å². The van der Waals surface area contributed by atoms with E-state index in [4.69, 9.17) is 0 Å². The maximum absolute atomic E-state index is 12.6. The lowest BCUT2D eigenvalue weighted by atomic mass is 10.2. The molecule has 3 rings (SSSR count). The first-order valence-corrected chi connectivity index (χ1v) is 8.64. The Hall–Kier alpha value is -2.25. The molecular formula is C17H19N3O3S. The van der Waals surface area contributed by atoms with Crippen molar-refractivity contribution < 1.29 is 14.3 Å². The molecule has 0 spiro atoms. The third kappa shape index (κ3) is 3.80. The second-order valence-corrected chi connectivity index (χ2v) is 6.41. The van der Waals surface area contributed by atoms with E-state index >= 15 is 0 Å². The van der Waals surface area contributed by atoms with E-state index in [0.717, 1.165) is 10.6 Å². The molecule has 0 bridgehead atoms. The zero-order valence-electron chi connectivity index (χ0n) is 13.5. The van der Waals surface area contributed by atoms with Gasteiger partial charge in [0.2, 0.25) is 0 Å². The summed E-state index contributed by atoms with van der Waals surface area (Å²) in [7, 11) is 1.38. The fraction of sp³-hybridized carbons (Fsp3) is 0.353. The van der Waals surface area contributed by atoms with Crippen LogP contribution < -0.4 is 0 Å². The first-order valence-electron chi connectivity index (χ1n) is 7.77. The van der Waals surface area contributed by atoms with E-state index in [0.29, 0.717) is 31.9 Å². The molecule has 1 saturated heterocycles. The molecule has 24 heavy (non-hydrogen) atoms. The SMILES string of the molecule is COC(=O)CN1CCN(C(=O)c2csc(-c3ccccc3)n2)CC1. The molecular weight excluding hydrogens is 326 g/mol. The van der Waals surface area contributed by atoms with Crippen LogP contribution in [0.15, 0.2) is 35.7 Å². The third-order valence-electron chi connectivity index (χ3n) is 3.98. The number of nitrogens with zero attached hydrogens (tertiary/aromatic N) is 3. The van der Waals surface area contributed by atoms with Crippen LogP contribution in [0, 0.1) is 0 Å². The van der Waals surface area contributed by atoms with E-state index in [9.17, 15) is 9.59 Å². The van der Waals surface area contributed by atoms with Crippen LogP contribution in [0.4, 0.5) is 0 Å². The summed E-state index contributed by atoms with van der Waals surface area (Å²) in [5.74, 6) is -0.298. The highest BCUT2D eigenvalue weighted by atomic mass is 32.1. The van der Waals surface area contributed by atoms with Crippen LogP contribution >= 0.6 is 11.3 Å². The highest BCUT2D eigenvalue weighted by Gasteiger charge is 2.25. The molecule has 1 aromatic heterocycles. The summed E-state index contributed by atoms with van der Waals surface area (Å²) in [5.41, 5.74) is 1.50. The summed E-state index contributed by atoms with van der Waals surface area (Å²) in [6.45, 7) is 2.78. The number of carbonyl (C=O) groups excluding carboxylic acids is 2. The molecule has 0 atom stereocenters. The van der Waals surface area contributed by atoms with E-state index in [1.807, 2.05) is 40.6 Å². The van der Waals surface area contributed by atoms with Gasteiger partial charge in [-0.1, -0.05) is 30.3 Å². The molecule has 6 nitrogen and oxygen atoms in total. The van der Waals surface area contributed by atoms with Crippen molar-refractivity contribution >= 4 is 23.2 Å². The predicted molar refractivity (Wildman–Crippen MR) is 91.9 cm³/mol. The van der Waals surface area contributed by atoms with Crippen molar-refractivity contribution in [3.05, 3.63) is 41.4 Å². The van der Waals surface area contributed by atoms with Crippen LogP contribution in [-0.2, 0) is 9.53 Å². The summed E-state index contributed by atoms with van der Waals surface area (Å²) in [6.07, 6.45) is 0. The van der Waals surface area contributed by atoms with E-state index in [-0.39, 0.29) is 18.4 Å². The molecule has 126 valence electrons. The summed E-state index contributed by atoms with van der Waals surface area (Å²) in [5, 5.41) is 2.66. The molecule has 0 aliphatic carbocycles. The van der Waals surface area contributed by atoms with E-state index < -0.39 is 0 Å². The van der Waals surface area contributed by atoms with Crippen molar-refractivity contribution in [2.75, 3.05) is 39.8 Å². The van der Waals surface area contributed by atoms with Gasteiger partial charge in [-0.05, 0) is 0 Å². The van der Waals surface area contributed by atoms with Gasteiger partial charge in [-0.2, -0.15) is 0 Å². The zero-order chi connectivity index (χ0) is 16.9. The number of methoxy groups -OCH3 is 1. The van der Waals surface area contributed by atoms with Crippen LogP contribution in [0.1, 0.15) is 10.5 Å². The number of aromatic nitrogens is 1. The number of hydrogen-bond donors (Lipinski definition) is 0. The molecule has 1 aromatic carbocycles. The number of rotatable bonds is 4. The van der Waals surface area contributed by atoms with Gasteiger partial charge in [-0.15, -0.1) is 11.3 Å². The Labute approximate surface area is 144 Å². The van der Waals surface area contributed by atoms with Crippen LogP contribution in [0.3, 0.4) is 0 Å². The van der Waals surface area contributed by atoms with E-state index in [2.05, 4.69) is 9.72 Å². The van der Waals surface area contributed by atoms with Gasteiger partial charge >= 0.3 is 5.97 Å². The first kappa shape index (κ1) is 16.6. The number of thiazole rings is 1. The maximum atomic E-state index is 12.6. The summed E-state index contributed by atoms with van der Waals surface area (Å²) in [4.78, 5) is 32.1. The number of esters is 1. The number of piperazine rings is 1. The topological polar surface area (TPSA) is 62.7 Å². The standard InChI is InChI=1S/C17H19N3O3S/c1-23-15(21)11-19-7-9-20(10-8-19)17(22)14-12-24-16(18-14)13-5-3-2-4-6-13/h2-6,12H,7-11H2,1H3. The smallest absolute Gasteiger partial charge is 0.319 e. The second kappa shape index (κ2) is 7.55. The predicted octanol–water partition coefficient (Wildman–Crippen LogP) is 1.74. The molecule has 0 unspecified atom stereocenters. The number of amides is 1. The molecule has 0 saturated carbocycles. The molecule has 0 N–H and O–H groups in total. The van der Waals surface area contributed by atoms with Gasteiger partial charge in [0.15, 0.2) is 0 Å². The quantitative estimate of drug-likeness (QED) is 0.790. The minimum absolute atomic E-state index is 0.0499. The normalized spacial score (nSPS) is 15.3. The van der Waals surface area contributed by atoms with Gasteiger partial charge in [-0.25, -0.2) is 4.98 Å². The van der Waals surface area contributed by atoms with Crippen molar-refractivity contribution in [2.45, 2.75) is 0 Å². The Kier molecular flexibility index (Phi) is 5.22. The Morgan fingerprint density at radius 1 is 1.17 bits per heavy atom. The van der Waals surface area contributed by atoms with Crippen molar-refractivity contribution in [3.8, 4) is 10.6 Å². The first-order chi connectivity index (χ1) is 11.7. The van der Waals surface area contributed by atoms with Gasteiger partial charge < -0.3 is 9.64 Å². The van der Waals surface area contributed by atoms with Gasteiger partial charge in [-0.3, -0.25) is 14.5 Å². The zero-order valence-corrected chi connectivity index (χ0v) is 14.3. The number of ether oxygens (including phenoxy) is 1. The molecule has 7 heteroatoms. The molecule has 1 aliphatic heterocycles. The van der Waals surface area contributed by atoms with Gasteiger partial charge in [0.25, 0.3) is 5.91 Å². The minimum atomic E-state index is -0.248. The van der Waals surface area contributed by atoms with Crippen molar-refractivity contribution in [2.24, 2.45) is 0 Å². The number of benzene rings is 1. The average Bonchev–Trinajstić information content (AvgIpc) is 3.12. The van der Waals surface area contributed by atoms with Gasteiger partial charge in [0, 0.05) is 37.1 Å². The van der Waals surface area contributed by atoms with Crippen molar-refractivity contribution in [1.82, 2.24) is 14.8 Å². The highest BCUT2D eigenvalue weighted by Crippen LogP contribution is 2.24. The van der Waals surface area contributed by atoms with Crippen LogP contribution in [-0.4, -0.2) is 66.5 Å². The number of hydrogen-bond acceptors (Lipinski definition) is 6. The summed E-state index contributed by atoms with van der Waals surface area (Å²) >= 11 is 1.48. The summed E-state index contributed by atoms with van der Waals surface area (Å²) < 4.78 is 4.67. The Bertz CT molecular complexity index is 709. The lowest BCUT2D eigenvalue weighted by Gasteiger charge is -2.33.